The molecule has 0 aromatic heterocycles. The summed E-state index contributed by atoms with van der Waals surface area (Å²) in [6, 6.07) is 13.7. The van der Waals surface area contributed by atoms with Gasteiger partial charge in [-0.15, -0.1) is 0 Å². The van der Waals surface area contributed by atoms with E-state index in [1.807, 2.05) is 30.3 Å². The van der Waals surface area contributed by atoms with Gasteiger partial charge in [-0.05, 0) is 30.2 Å². The average molecular weight is 453 g/mol. The Bertz CT molecular complexity index is 1150. The topological polar surface area (TPSA) is 122 Å². The van der Waals surface area contributed by atoms with Crippen molar-refractivity contribution >= 4 is 40.9 Å². The molecule has 164 valence electrons. The van der Waals surface area contributed by atoms with E-state index in [0.29, 0.717) is 22.7 Å². The fourth-order valence-electron chi connectivity index (χ4n) is 5.33. The van der Waals surface area contributed by atoms with E-state index < -0.39 is 47.0 Å². The van der Waals surface area contributed by atoms with E-state index in [0.717, 1.165) is 5.56 Å². The zero-order valence-corrected chi connectivity index (χ0v) is 17.8. The minimum Gasteiger partial charge on any atom is -0.370 e. The van der Waals surface area contributed by atoms with E-state index in [9.17, 15) is 19.2 Å². The van der Waals surface area contributed by atoms with Gasteiger partial charge in [0.2, 0.25) is 23.6 Å². The molecule has 2 aromatic carbocycles. The number of primary amides is 1. The number of fused-ring (bicyclic) bond motifs is 4. The number of amides is 4. The highest BCUT2D eigenvalue weighted by Crippen LogP contribution is 2.53. The number of nitrogens with two attached hydrogens (primary N) is 1. The van der Waals surface area contributed by atoms with Gasteiger partial charge in [0.05, 0.1) is 11.8 Å². The van der Waals surface area contributed by atoms with Crippen LogP contribution in [0.5, 0.6) is 0 Å². The predicted octanol–water partition coefficient (Wildman–Crippen LogP) is 1.18. The second kappa shape index (κ2) is 7.43. The maximum absolute atomic E-state index is 13.6. The Hall–Kier alpha value is -3.23. The number of halogens is 1. The summed E-state index contributed by atoms with van der Waals surface area (Å²) in [6.07, 6.45) is 0.324. The standard InChI is InChI=1S/C23H21ClN4O4/c24-13-6-7-15-14(10-13)23(22(32)26-15)19-18(16(27-23)11-17(25)29)20(30)28(21(19)31)9-8-12-4-2-1-3-5-12/h1-7,10,16,18-19,27H,8-9,11H2,(H2,25,29)(H,26,32)/t16-,18-,19+,23-/m1/s1. The van der Waals surface area contributed by atoms with Crippen LogP contribution >= 0.6 is 11.6 Å². The van der Waals surface area contributed by atoms with Gasteiger partial charge in [-0.1, -0.05) is 41.9 Å². The number of carbonyl (C=O) groups is 4. The average Bonchev–Trinajstić information content (AvgIpc) is 3.32. The van der Waals surface area contributed by atoms with Crippen LogP contribution in [0.3, 0.4) is 0 Å². The van der Waals surface area contributed by atoms with E-state index in [2.05, 4.69) is 10.6 Å². The highest BCUT2D eigenvalue weighted by molar-refractivity contribution is 6.31. The number of benzene rings is 2. The number of hydrogen-bond acceptors (Lipinski definition) is 5. The van der Waals surface area contributed by atoms with Gasteiger partial charge in [0.15, 0.2) is 0 Å². The number of rotatable bonds is 5. The first-order valence-corrected chi connectivity index (χ1v) is 10.8. The number of nitrogens with one attached hydrogen (secondary N) is 2. The van der Waals surface area contributed by atoms with E-state index in [1.54, 1.807) is 18.2 Å². The first-order valence-electron chi connectivity index (χ1n) is 10.4. The third-order valence-electron chi connectivity index (χ3n) is 6.66. The highest BCUT2D eigenvalue weighted by Gasteiger charge is 2.70. The van der Waals surface area contributed by atoms with Gasteiger partial charge < -0.3 is 11.1 Å². The van der Waals surface area contributed by atoms with Crippen molar-refractivity contribution in [3.05, 3.63) is 64.7 Å². The van der Waals surface area contributed by atoms with Gasteiger partial charge in [-0.2, -0.15) is 0 Å². The molecule has 9 heteroatoms. The number of imide groups is 1. The lowest BCUT2D eigenvalue weighted by molar-refractivity contribution is -0.142. The van der Waals surface area contributed by atoms with Crippen LogP contribution in [-0.4, -0.2) is 41.1 Å². The molecule has 32 heavy (non-hydrogen) atoms. The van der Waals surface area contributed by atoms with Crippen molar-refractivity contribution in [1.82, 2.24) is 10.2 Å². The van der Waals surface area contributed by atoms with E-state index in [4.69, 9.17) is 17.3 Å². The Labute approximate surface area is 189 Å². The zero-order chi connectivity index (χ0) is 22.6. The number of nitrogens with zero attached hydrogens (tertiary/aromatic N) is 1. The smallest absolute Gasteiger partial charge is 0.250 e. The Morgan fingerprint density at radius 2 is 1.84 bits per heavy atom. The van der Waals surface area contributed by atoms with Crippen LogP contribution in [0.2, 0.25) is 5.02 Å². The van der Waals surface area contributed by atoms with E-state index >= 15 is 0 Å². The fourth-order valence-corrected chi connectivity index (χ4v) is 5.50. The van der Waals surface area contributed by atoms with Gasteiger partial charge in [0.1, 0.15) is 5.54 Å². The lowest BCUT2D eigenvalue weighted by atomic mass is 9.76. The van der Waals surface area contributed by atoms with Gasteiger partial charge in [0.25, 0.3) is 0 Å². The maximum Gasteiger partial charge on any atom is 0.250 e. The Balaban J connectivity index is 1.55. The lowest BCUT2D eigenvalue weighted by Crippen LogP contribution is -2.53. The summed E-state index contributed by atoms with van der Waals surface area (Å²) < 4.78 is 0. The summed E-state index contributed by atoms with van der Waals surface area (Å²) in [7, 11) is 0. The minimum atomic E-state index is -1.49. The molecule has 2 saturated heterocycles. The van der Waals surface area contributed by atoms with Crippen LogP contribution < -0.4 is 16.4 Å². The Morgan fingerprint density at radius 1 is 1.09 bits per heavy atom. The van der Waals surface area contributed by atoms with Crippen molar-refractivity contribution in [2.24, 2.45) is 17.6 Å². The monoisotopic (exact) mass is 452 g/mol. The van der Waals surface area contributed by atoms with Gasteiger partial charge >= 0.3 is 0 Å². The second-order valence-electron chi connectivity index (χ2n) is 8.44. The van der Waals surface area contributed by atoms with E-state index in [1.165, 1.54) is 4.90 Å². The molecule has 0 saturated carbocycles. The molecule has 0 aliphatic carbocycles. The van der Waals surface area contributed by atoms with Crippen molar-refractivity contribution in [3.8, 4) is 0 Å². The van der Waals surface area contributed by atoms with Crippen LogP contribution in [0, 0.1) is 11.8 Å². The molecule has 4 amide bonds. The first kappa shape index (κ1) is 20.7. The quantitative estimate of drug-likeness (QED) is 0.588. The fraction of sp³-hybridized carbons (Fsp3) is 0.304. The molecule has 0 unspecified atom stereocenters. The van der Waals surface area contributed by atoms with Crippen molar-refractivity contribution in [2.45, 2.75) is 24.4 Å². The van der Waals surface area contributed by atoms with Crippen LogP contribution in [-0.2, 0) is 31.1 Å². The van der Waals surface area contributed by atoms with Crippen LogP contribution in [0.1, 0.15) is 17.5 Å². The molecule has 4 atom stereocenters. The molecule has 2 aromatic rings. The number of anilines is 1. The number of hydrogen-bond donors (Lipinski definition) is 3. The largest absolute Gasteiger partial charge is 0.370 e. The first-order chi connectivity index (χ1) is 15.3. The molecule has 3 aliphatic heterocycles. The summed E-state index contributed by atoms with van der Waals surface area (Å²) in [4.78, 5) is 53.2. The van der Waals surface area contributed by atoms with Crippen molar-refractivity contribution in [3.63, 3.8) is 0 Å². The highest BCUT2D eigenvalue weighted by atomic mass is 35.5. The molecule has 1 spiro atoms. The van der Waals surface area contributed by atoms with Crippen molar-refractivity contribution in [2.75, 3.05) is 11.9 Å². The molecule has 0 bridgehead atoms. The van der Waals surface area contributed by atoms with Gasteiger partial charge in [0, 0.05) is 35.3 Å². The third-order valence-corrected chi connectivity index (χ3v) is 6.89. The third kappa shape index (κ3) is 2.94. The van der Waals surface area contributed by atoms with Crippen molar-refractivity contribution in [1.29, 1.82) is 0 Å². The number of likely N-dealkylation sites (tertiary alicyclic amines) is 1. The summed E-state index contributed by atoms with van der Waals surface area (Å²) >= 11 is 6.20. The van der Waals surface area contributed by atoms with Crippen molar-refractivity contribution < 1.29 is 19.2 Å². The van der Waals surface area contributed by atoms with Crippen LogP contribution in [0.25, 0.3) is 0 Å². The Morgan fingerprint density at radius 3 is 2.56 bits per heavy atom. The predicted molar refractivity (Wildman–Crippen MR) is 116 cm³/mol. The zero-order valence-electron chi connectivity index (χ0n) is 17.0. The minimum absolute atomic E-state index is 0.169. The normalized spacial score (nSPS) is 28.2. The number of carbonyl (C=O) groups excluding carboxylic acids is 4. The Kier molecular flexibility index (Phi) is 4.79. The van der Waals surface area contributed by atoms with Crippen LogP contribution in [0.4, 0.5) is 5.69 Å². The molecule has 2 fully saturated rings. The second-order valence-corrected chi connectivity index (χ2v) is 8.88. The molecular formula is C23H21ClN4O4. The molecular weight excluding hydrogens is 432 g/mol. The molecule has 0 radical (unpaired) electrons. The molecule has 4 N–H and O–H groups in total. The lowest BCUT2D eigenvalue weighted by Gasteiger charge is -2.29. The van der Waals surface area contributed by atoms with Gasteiger partial charge in [-0.3, -0.25) is 29.4 Å². The summed E-state index contributed by atoms with van der Waals surface area (Å²) in [5.41, 5.74) is 5.96. The molecule has 3 aliphatic rings. The SMILES string of the molecule is NC(=O)C[C@H]1N[C@@]2(C(=O)Nc3ccc(Cl)cc32)[C@@H]2C(=O)N(CCc3ccccc3)C(=O)[C@@H]21. The molecule has 3 heterocycles. The molecule has 5 rings (SSSR count). The maximum atomic E-state index is 13.6. The van der Waals surface area contributed by atoms with Gasteiger partial charge in [-0.25, -0.2) is 0 Å². The van der Waals surface area contributed by atoms with Crippen LogP contribution in [0.15, 0.2) is 48.5 Å². The summed E-state index contributed by atoms with van der Waals surface area (Å²) in [5.74, 6) is -3.75. The molecule has 8 nitrogen and oxygen atoms in total. The summed E-state index contributed by atoms with van der Waals surface area (Å²) in [5, 5.41) is 6.34. The van der Waals surface area contributed by atoms with E-state index in [-0.39, 0.29) is 13.0 Å². The summed E-state index contributed by atoms with van der Waals surface area (Å²) in [6.45, 7) is 0.193.